The number of aromatic nitrogens is 2. The monoisotopic (exact) mass is 296 g/mol. The average Bonchev–Trinajstić information content (AvgIpc) is 3.23. The van der Waals surface area contributed by atoms with E-state index in [1.807, 2.05) is 18.5 Å². The van der Waals surface area contributed by atoms with Crippen molar-refractivity contribution in [2.24, 2.45) is 0 Å². The van der Waals surface area contributed by atoms with Crippen LogP contribution in [0.25, 0.3) is 0 Å². The zero-order valence-electron chi connectivity index (χ0n) is 12.5. The van der Waals surface area contributed by atoms with Crippen LogP contribution >= 0.6 is 0 Å². The highest BCUT2D eigenvalue weighted by atomic mass is 16.5. The summed E-state index contributed by atoms with van der Waals surface area (Å²) in [5.41, 5.74) is 2.35. The lowest BCUT2D eigenvalue weighted by Crippen LogP contribution is -2.28. The fourth-order valence-electron chi connectivity index (χ4n) is 3.19. The molecule has 0 aromatic carbocycles. The number of hydrogen-bond acceptors (Lipinski definition) is 5. The summed E-state index contributed by atoms with van der Waals surface area (Å²) in [4.78, 5) is 11.0. The Hall–Kier alpha value is -2.14. The van der Waals surface area contributed by atoms with Crippen molar-refractivity contribution >= 4 is 11.5 Å². The van der Waals surface area contributed by atoms with E-state index in [-0.39, 0.29) is 0 Å². The molecule has 0 spiro atoms. The van der Waals surface area contributed by atoms with Gasteiger partial charge in [-0.1, -0.05) is 6.07 Å². The van der Waals surface area contributed by atoms with E-state index < -0.39 is 0 Å². The van der Waals surface area contributed by atoms with Gasteiger partial charge in [-0.2, -0.15) is 0 Å². The molecule has 0 radical (unpaired) electrons. The van der Waals surface area contributed by atoms with Gasteiger partial charge < -0.3 is 15.0 Å². The summed E-state index contributed by atoms with van der Waals surface area (Å²) in [6, 6.07) is 6.67. The lowest BCUT2D eigenvalue weighted by molar-refractivity contribution is 0.276. The van der Waals surface area contributed by atoms with E-state index in [1.165, 1.54) is 18.4 Å². The zero-order chi connectivity index (χ0) is 14.8. The molecule has 22 heavy (non-hydrogen) atoms. The van der Waals surface area contributed by atoms with Gasteiger partial charge in [-0.25, -0.2) is 4.98 Å². The topological polar surface area (TPSA) is 50.3 Å². The molecule has 2 aliphatic heterocycles. The van der Waals surface area contributed by atoms with Crippen molar-refractivity contribution in [3.63, 3.8) is 0 Å². The van der Waals surface area contributed by atoms with Crippen LogP contribution in [-0.4, -0.2) is 35.7 Å². The van der Waals surface area contributed by atoms with E-state index in [1.54, 1.807) is 6.20 Å². The van der Waals surface area contributed by atoms with Crippen LogP contribution in [0.15, 0.2) is 36.8 Å². The molecule has 2 aromatic heterocycles. The van der Waals surface area contributed by atoms with E-state index in [9.17, 15) is 0 Å². The van der Waals surface area contributed by atoms with Gasteiger partial charge in [-0.15, -0.1) is 0 Å². The molecule has 2 aliphatic rings. The second kappa shape index (κ2) is 5.93. The molecule has 114 valence electrons. The minimum Gasteiger partial charge on any atom is -0.490 e. The molecule has 1 fully saturated rings. The first-order chi connectivity index (χ1) is 10.9. The van der Waals surface area contributed by atoms with Gasteiger partial charge in [0.15, 0.2) is 0 Å². The highest BCUT2D eigenvalue weighted by molar-refractivity contribution is 5.66. The Labute approximate surface area is 130 Å². The summed E-state index contributed by atoms with van der Waals surface area (Å²) in [5.74, 6) is 1.87. The molecule has 0 saturated carbocycles. The van der Waals surface area contributed by atoms with Gasteiger partial charge in [0.1, 0.15) is 18.2 Å². The first-order valence-corrected chi connectivity index (χ1v) is 7.93. The van der Waals surface area contributed by atoms with Crippen LogP contribution in [0.1, 0.15) is 18.4 Å². The highest BCUT2D eigenvalue weighted by Crippen LogP contribution is 2.33. The second-order valence-electron chi connectivity index (χ2n) is 5.87. The summed E-state index contributed by atoms with van der Waals surface area (Å²) < 4.78 is 5.91. The Bertz CT molecular complexity index is 655. The summed E-state index contributed by atoms with van der Waals surface area (Å²) in [6.45, 7) is 2.75. The average molecular weight is 296 g/mol. The van der Waals surface area contributed by atoms with Gasteiger partial charge >= 0.3 is 0 Å². The van der Waals surface area contributed by atoms with Crippen molar-refractivity contribution in [3.8, 4) is 5.75 Å². The fourth-order valence-corrected chi connectivity index (χ4v) is 3.19. The lowest BCUT2D eigenvalue weighted by atomic mass is 10.2. The summed E-state index contributed by atoms with van der Waals surface area (Å²) in [6.07, 6.45) is 8.97. The number of fused-ring (bicyclic) bond motifs is 1. The van der Waals surface area contributed by atoms with Crippen LogP contribution in [-0.2, 0) is 6.42 Å². The molecule has 2 aromatic rings. The molecule has 0 bridgehead atoms. The van der Waals surface area contributed by atoms with Gasteiger partial charge in [-0.05, 0) is 37.4 Å². The van der Waals surface area contributed by atoms with E-state index in [2.05, 4.69) is 32.3 Å². The largest absolute Gasteiger partial charge is 0.490 e. The predicted octanol–water partition coefficient (Wildman–Crippen LogP) is 2.30. The molecule has 4 heterocycles. The number of nitrogens with zero attached hydrogens (tertiary/aromatic N) is 3. The molecular weight excluding hydrogens is 276 g/mol. The maximum absolute atomic E-state index is 5.91. The van der Waals surface area contributed by atoms with Crippen LogP contribution in [0.4, 0.5) is 11.5 Å². The Balaban J connectivity index is 1.50. The molecule has 5 nitrogen and oxygen atoms in total. The van der Waals surface area contributed by atoms with Gasteiger partial charge in [0.05, 0.1) is 18.1 Å². The summed E-state index contributed by atoms with van der Waals surface area (Å²) in [5, 5.41) is 3.44. The van der Waals surface area contributed by atoms with Crippen molar-refractivity contribution in [1.29, 1.82) is 0 Å². The third-order valence-electron chi connectivity index (χ3n) is 4.35. The van der Waals surface area contributed by atoms with Gasteiger partial charge in [0.25, 0.3) is 0 Å². The van der Waals surface area contributed by atoms with Crippen LogP contribution in [0.3, 0.4) is 0 Å². The van der Waals surface area contributed by atoms with Crippen molar-refractivity contribution in [2.75, 3.05) is 24.6 Å². The number of anilines is 2. The molecule has 1 atom stereocenters. The molecule has 1 N–H and O–H groups in total. The number of rotatable bonds is 4. The Morgan fingerprint density at radius 3 is 3.27 bits per heavy atom. The van der Waals surface area contributed by atoms with Gasteiger partial charge in [-0.3, -0.25) is 4.98 Å². The molecule has 4 rings (SSSR count). The highest BCUT2D eigenvalue weighted by Gasteiger charge is 2.22. The minimum atomic E-state index is 0.470. The number of nitrogens with one attached hydrogen (secondary N) is 1. The van der Waals surface area contributed by atoms with Gasteiger partial charge in [0.2, 0.25) is 0 Å². The zero-order valence-corrected chi connectivity index (χ0v) is 12.5. The van der Waals surface area contributed by atoms with Crippen LogP contribution < -0.4 is 15.0 Å². The van der Waals surface area contributed by atoms with E-state index in [0.717, 1.165) is 36.8 Å². The number of pyridine rings is 2. The molecule has 5 heteroatoms. The quantitative estimate of drug-likeness (QED) is 0.938. The maximum atomic E-state index is 5.91. The lowest BCUT2D eigenvalue weighted by Gasteiger charge is -2.19. The van der Waals surface area contributed by atoms with Crippen LogP contribution in [0, 0.1) is 0 Å². The van der Waals surface area contributed by atoms with E-state index in [4.69, 9.17) is 4.74 Å². The molecule has 0 aliphatic carbocycles. The SMILES string of the molecule is c1cnc2c(c1)CCN2c1cncc(OCC2CCCN2)c1. The van der Waals surface area contributed by atoms with Crippen molar-refractivity contribution in [1.82, 2.24) is 15.3 Å². The summed E-state index contributed by atoms with van der Waals surface area (Å²) in [7, 11) is 0. The molecule has 0 amide bonds. The minimum absolute atomic E-state index is 0.470. The third-order valence-corrected chi connectivity index (χ3v) is 4.35. The fraction of sp³-hybridized carbons (Fsp3) is 0.412. The van der Waals surface area contributed by atoms with Crippen molar-refractivity contribution in [3.05, 3.63) is 42.4 Å². The second-order valence-corrected chi connectivity index (χ2v) is 5.87. The molecular formula is C17H20N4O. The standard InChI is InChI=1S/C17H20N4O/c1-3-13-5-8-21(17(13)20-7-1)15-9-16(11-18-10-15)22-12-14-4-2-6-19-14/h1,3,7,9-11,14,19H,2,4-6,8,12H2. The Kier molecular flexibility index (Phi) is 3.64. The number of hydrogen-bond donors (Lipinski definition) is 1. The normalized spacial score (nSPS) is 20.2. The Morgan fingerprint density at radius 1 is 1.36 bits per heavy atom. The van der Waals surface area contributed by atoms with Gasteiger partial charge in [0, 0.05) is 24.8 Å². The third kappa shape index (κ3) is 2.64. The first-order valence-electron chi connectivity index (χ1n) is 7.93. The molecule has 1 unspecified atom stereocenters. The predicted molar refractivity (Wildman–Crippen MR) is 85.7 cm³/mol. The smallest absolute Gasteiger partial charge is 0.139 e. The molecule has 1 saturated heterocycles. The van der Waals surface area contributed by atoms with Crippen LogP contribution in [0.5, 0.6) is 5.75 Å². The van der Waals surface area contributed by atoms with Crippen molar-refractivity contribution < 1.29 is 4.74 Å². The van der Waals surface area contributed by atoms with Crippen molar-refractivity contribution in [2.45, 2.75) is 25.3 Å². The van der Waals surface area contributed by atoms with E-state index in [0.29, 0.717) is 12.6 Å². The van der Waals surface area contributed by atoms with Crippen LogP contribution in [0.2, 0.25) is 0 Å². The summed E-state index contributed by atoms with van der Waals surface area (Å²) >= 11 is 0. The number of ether oxygens (including phenoxy) is 1. The van der Waals surface area contributed by atoms with E-state index >= 15 is 0 Å². The Morgan fingerprint density at radius 2 is 2.36 bits per heavy atom. The first kappa shape index (κ1) is 13.5. The maximum Gasteiger partial charge on any atom is 0.139 e.